The van der Waals surface area contributed by atoms with Gasteiger partial charge in [-0.1, -0.05) is 13.8 Å². The number of halogens is 3. The molecule has 3 aromatic rings. The number of nitrogen functional groups attached to an aromatic ring is 1. The van der Waals surface area contributed by atoms with E-state index >= 15 is 0 Å². The minimum Gasteiger partial charge on any atom is -0.453 e. The van der Waals surface area contributed by atoms with Crippen molar-refractivity contribution in [1.82, 2.24) is 0 Å². The van der Waals surface area contributed by atoms with Crippen LogP contribution < -0.4 is 16.5 Å². The van der Waals surface area contributed by atoms with Crippen LogP contribution in [0.2, 0.25) is 0 Å². The van der Waals surface area contributed by atoms with E-state index in [2.05, 4.69) is 5.32 Å². The molecular formula is C20H19F3N2O2. The van der Waals surface area contributed by atoms with Crippen molar-refractivity contribution in [3.63, 3.8) is 0 Å². The van der Waals surface area contributed by atoms with E-state index in [1.54, 1.807) is 0 Å². The van der Waals surface area contributed by atoms with E-state index in [-0.39, 0.29) is 33.7 Å². The van der Waals surface area contributed by atoms with E-state index in [4.69, 9.17) is 10.2 Å². The third-order valence-electron chi connectivity index (χ3n) is 4.22. The minimum absolute atomic E-state index is 0.0370. The van der Waals surface area contributed by atoms with Crippen molar-refractivity contribution in [3.8, 4) is 11.3 Å². The summed E-state index contributed by atoms with van der Waals surface area (Å²) >= 11 is 0. The van der Waals surface area contributed by atoms with Crippen LogP contribution in [0.1, 0.15) is 20.3 Å². The van der Waals surface area contributed by atoms with Crippen molar-refractivity contribution >= 4 is 22.3 Å². The van der Waals surface area contributed by atoms with Gasteiger partial charge in [-0.2, -0.15) is 0 Å². The maximum absolute atomic E-state index is 14.3. The van der Waals surface area contributed by atoms with Crippen LogP contribution in [0.15, 0.2) is 39.5 Å². The number of nitrogens with one attached hydrogen (secondary N) is 1. The Labute approximate surface area is 153 Å². The van der Waals surface area contributed by atoms with Gasteiger partial charge in [0.05, 0.1) is 16.8 Å². The van der Waals surface area contributed by atoms with Crippen molar-refractivity contribution in [2.45, 2.75) is 20.3 Å². The average Bonchev–Trinajstić information content (AvgIpc) is 2.60. The van der Waals surface area contributed by atoms with E-state index in [1.165, 1.54) is 12.1 Å². The Kier molecular flexibility index (Phi) is 5.12. The SMILES string of the molecule is CC(C)CCNc1c(F)cc(F)c2oc(-c3ccc(N)c(F)c3)cc(=O)c12. The van der Waals surface area contributed by atoms with Crippen molar-refractivity contribution in [2.24, 2.45) is 5.92 Å². The van der Waals surface area contributed by atoms with Gasteiger partial charge < -0.3 is 15.5 Å². The normalized spacial score (nSPS) is 11.3. The molecule has 0 amide bonds. The zero-order valence-electron chi connectivity index (χ0n) is 14.9. The molecule has 7 heteroatoms. The van der Waals surface area contributed by atoms with Crippen LogP contribution in [-0.2, 0) is 0 Å². The molecule has 0 unspecified atom stereocenters. The summed E-state index contributed by atoms with van der Waals surface area (Å²) in [6.07, 6.45) is 0.743. The summed E-state index contributed by atoms with van der Waals surface area (Å²) in [5.74, 6) is -2.24. The monoisotopic (exact) mass is 376 g/mol. The zero-order chi connectivity index (χ0) is 19.7. The fraction of sp³-hybridized carbons (Fsp3) is 0.250. The van der Waals surface area contributed by atoms with Gasteiger partial charge in [-0.15, -0.1) is 0 Å². The van der Waals surface area contributed by atoms with Gasteiger partial charge in [0, 0.05) is 24.2 Å². The highest BCUT2D eigenvalue weighted by Crippen LogP contribution is 2.31. The Morgan fingerprint density at radius 3 is 2.48 bits per heavy atom. The zero-order valence-corrected chi connectivity index (χ0v) is 14.9. The number of hydrogen-bond acceptors (Lipinski definition) is 4. The summed E-state index contributed by atoms with van der Waals surface area (Å²) in [6.45, 7) is 4.43. The third-order valence-corrected chi connectivity index (χ3v) is 4.22. The summed E-state index contributed by atoms with van der Waals surface area (Å²) in [5.41, 5.74) is 4.48. The van der Waals surface area contributed by atoms with Crippen LogP contribution in [0.5, 0.6) is 0 Å². The molecule has 3 rings (SSSR count). The topological polar surface area (TPSA) is 68.3 Å². The molecule has 0 fully saturated rings. The highest BCUT2D eigenvalue weighted by atomic mass is 19.1. The fourth-order valence-corrected chi connectivity index (χ4v) is 2.75. The largest absolute Gasteiger partial charge is 0.453 e. The van der Waals surface area contributed by atoms with Gasteiger partial charge in [-0.25, -0.2) is 13.2 Å². The molecule has 1 heterocycles. The fourth-order valence-electron chi connectivity index (χ4n) is 2.75. The van der Waals surface area contributed by atoms with E-state index in [0.29, 0.717) is 18.5 Å². The molecule has 1 aromatic heterocycles. The second-order valence-electron chi connectivity index (χ2n) is 6.74. The predicted octanol–water partition coefficient (Wildman–Crippen LogP) is 4.92. The van der Waals surface area contributed by atoms with E-state index in [0.717, 1.165) is 18.6 Å². The highest BCUT2D eigenvalue weighted by molar-refractivity contribution is 5.91. The van der Waals surface area contributed by atoms with Gasteiger partial charge in [-0.05, 0) is 30.5 Å². The molecule has 27 heavy (non-hydrogen) atoms. The molecule has 0 saturated heterocycles. The van der Waals surface area contributed by atoms with Crippen molar-refractivity contribution in [2.75, 3.05) is 17.6 Å². The lowest BCUT2D eigenvalue weighted by molar-refractivity contribution is 0.545. The second kappa shape index (κ2) is 7.34. The predicted molar refractivity (Wildman–Crippen MR) is 100 cm³/mol. The maximum atomic E-state index is 14.3. The number of anilines is 2. The number of fused-ring (bicyclic) bond motifs is 1. The van der Waals surface area contributed by atoms with Crippen LogP contribution in [0.3, 0.4) is 0 Å². The second-order valence-corrected chi connectivity index (χ2v) is 6.74. The highest BCUT2D eigenvalue weighted by Gasteiger charge is 2.19. The molecule has 142 valence electrons. The number of nitrogens with two attached hydrogens (primary N) is 1. The van der Waals surface area contributed by atoms with Crippen molar-refractivity contribution in [1.29, 1.82) is 0 Å². The molecule has 0 aliphatic rings. The summed E-state index contributed by atoms with van der Waals surface area (Å²) in [5, 5.41) is 2.64. The Bertz CT molecular complexity index is 1060. The van der Waals surface area contributed by atoms with Gasteiger partial charge >= 0.3 is 0 Å². The molecule has 0 aliphatic heterocycles. The van der Waals surface area contributed by atoms with Gasteiger partial charge in [0.2, 0.25) is 0 Å². The number of hydrogen-bond donors (Lipinski definition) is 2. The van der Waals surface area contributed by atoms with Crippen LogP contribution in [-0.4, -0.2) is 6.54 Å². The molecule has 2 aromatic carbocycles. The first-order valence-corrected chi connectivity index (χ1v) is 8.53. The quantitative estimate of drug-likeness (QED) is 0.621. The Balaban J connectivity index is 2.15. The van der Waals surface area contributed by atoms with Crippen molar-refractivity contribution < 1.29 is 17.6 Å². The Morgan fingerprint density at radius 1 is 1.07 bits per heavy atom. The van der Waals surface area contributed by atoms with Crippen LogP contribution in [0.25, 0.3) is 22.3 Å². The average molecular weight is 376 g/mol. The lowest BCUT2D eigenvalue weighted by Gasteiger charge is -2.13. The first-order valence-electron chi connectivity index (χ1n) is 8.53. The van der Waals surface area contributed by atoms with Crippen LogP contribution in [0, 0.1) is 23.4 Å². The standard InChI is InChI=1S/C20H19F3N2O2/c1-10(2)5-6-25-19-13(22)8-14(23)20-18(19)16(26)9-17(27-20)11-3-4-15(24)12(21)7-11/h3-4,7-10,25H,5-6,24H2,1-2H3. The van der Waals surface area contributed by atoms with Gasteiger partial charge in [0.1, 0.15) is 17.4 Å². The minimum atomic E-state index is -1.01. The lowest BCUT2D eigenvalue weighted by atomic mass is 10.1. The smallest absolute Gasteiger partial charge is 0.195 e. The van der Waals surface area contributed by atoms with Crippen molar-refractivity contribution in [3.05, 3.63) is 58.0 Å². The lowest BCUT2D eigenvalue weighted by Crippen LogP contribution is -2.11. The van der Waals surface area contributed by atoms with Gasteiger partial charge in [-0.3, -0.25) is 4.79 Å². The number of benzene rings is 2. The van der Waals surface area contributed by atoms with E-state index in [1.807, 2.05) is 13.8 Å². The summed E-state index contributed by atoms with van der Waals surface area (Å²) in [6, 6.07) is 5.60. The summed E-state index contributed by atoms with van der Waals surface area (Å²) in [4.78, 5) is 12.6. The molecular weight excluding hydrogens is 357 g/mol. The maximum Gasteiger partial charge on any atom is 0.195 e. The van der Waals surface area contributed by atoms with E-state index < -0.39 is 22.9 Å². The first kappa shape index (κ1) is 18.8. The molecule has 0 radical (unpaired) electrons. The molecule has 0 spiro atoms. The summed E-state index contributed by atoms with van der Waals surface area (Å²) < 4.78 is 47.8. The molecule has 0 saturated carbocycles. The third kappa shape index (κ3) is 3.77. The summed E-state index contributed by atoms with van der Waals surface area (Å²) in [7, 11) is 0. The molecule has 0 bridgehead atoms. The van der Waals surface area contributed by atoms with Crippen LogP contribution >= 0.6 is 0 Å². The molecule has 3 N–H and O–H groups in total. The Morgan fingerprint density at radius 2 is 1.81 bits per heavy atom. The van der Waals surface area contributed by atoms with E-state index in [9.17, 15) is 18.0 Å². The molecule has 0 atom stereocenters. The molecule has 4 nitrogen and oxygen atoms in total. The molecule has 0 aliphatic carbocycles. The number of rotatable bonds is 5. The Hall–Kier alpha value is -2.96. The van der Waals surface area contributed by atoms with Gasteiger partial charge in [0.15, 0.2) is 16.8 Å². The van der Waals surface area contributed by atoms with Gasteiger partial charge in [0.25, 0.3) is 0 Å². The first-order chi connectivity index (χ1) is 12.8. The van der Waals surface area contributed by atoms with Crippen LogP contribution in [0.4, 0.5) is 24.5 Å².